The van der Waals surface area contributed by atoms with E-state index in [1.165, 1.54) is 11.3 Å². The van der Waals surface area contributed by atoms with E-state index in [0.29, 0.717) is 11.7 Å². The zero-order valence-corrected chi connectivity index (χ0v) is 13.1. The first-order valence-corrected chi connectivity index (χ1v) is 7.47. The van der Waals surface area contributed by atoms with Crippen LogP contribution < -0.4 is 4.90 Å². The molecule has 108 valence electrons. The van der Waals surface area contributed by atoms with Crippen molar-refractivity contribution >= 4 is 28.1 Å². The first-order valence-electron chi connectivity index (χ1n) is 6.27. The predicted molar refractivity (Wildman–Crippen MR) is 83.8 cm³/mol. The molecule has 3 aromatic heterocycles. The van der Waals surface area contributed by atoms with Crippen LogP contribution >= 0.6 is 22.9 Å². The normalized spacial score (nSPS) is 10.8. The van der Waals surface area contributed by atoms with Gasteiger partial charge in [0.15, 0.2) is 10.3 Å². The summed E-state index contributed by atoms with van der Waals surface area (Å²) < 4.78 is 1.74. The number of pyridine rings is 1. The average molecular weight is 321 g/mol. The summed E-state index contributed by atoms with van der Waals surface area (Å²) in [5.41, 5.74) is 1.65. The van der Waals surface area contributed by atoms with Crippen molar-refractivity contribution in [3.63, 3.8) is 0 Å². The Kier molecular flexibility index (Phi) is 3.85. The summed E-state index contributed by atoms with van der Waals surface area (Å²) >= 11 is 7.67. The molecule has 0 aromatic carbocycles. The highest BCUT2D eigenvalue weighted by molar-refractivity contribution is 7.19. The van der Waals surface area contributed by atoms with Gasteiger partial charge in [-0.1, -0.05) is 34.2 Å². The van der Waals surface area contributed by atoms with Gasteiger partial charge in [0, 0.05) is 20.3 Å². The van der Waals surface area contributed by atoms with E-state index in [0.717, 1.165) is 21.4 Å². The highest BCUT2D eigenvalue weighted by Gasteiger charge is 2.15. The van der Waals surface area contributed by atoms with Gasteiger partial charge >= 0.3 is 0 Å². The van der Waals surface area contributed by atoms with E-state index in [2.05, 4.69) is 20.3 Å². The van der Waals surface area contributed by atoms with E-state index >= 15 is 0 Å². The molecule has 0 saturated heterocycles. The van der Waals surface area contributed by atoms with Gasteiger partial charge in [-0.2, -0.15) is 0 Å². The lowest BCUT2D eigenvalue weighted by molar-refractivity contribution is 0.639. The molecule has 0 aliphatic rings. The van der Waals surface area contributed by atoms with Gasteiger partial charge in [-0.25, -0.2) is 9.67 Å². The first kappa shape index (κ1) is 14.0. The molecular weight excluding hydrogens is 308 g/mol. The van der Waals surface area contributed by atoms with Crippen LogP contribution in [0.4, 0.5) is 5.13 Å². The maximum absolute atomic E-state index is 6.18. The number of anilines is 1. The second-order valence-corrected chi connectivity index (χ2v) is 5.97. The van der Waals surface area contributed by atoms with Gasteiger partial charge in [-0.15, -0.1) is 5.10 Å². The zero-order chi connectivity index (χ0) is 14.8. The molecule has 3 aromatic rings. The quantitative estimate of drug-likeness (QED) is 0.739. The molecule has 0 fully saturated rings. The summed E-state index contributed by atoms with van der Waals surface area (Å²) in [5.74, 6) is 0. The van der Waals surface area contributed by atoms with Crippen LogP contribution in [0.2, 0.25) is 5.15 Å². The van der Waals surface area contributed by atoms with Gasteiger partial charge < -0.3 is 4.90 Å². The third-order valence-electron chi connectivity index (χ3n) is 2.78. The van der Waals surface area contributed by atoms with Crippen LogP contribution in [-0.4, -0.2) is 39.1 Å². The molecule has 0 bridgehead atoms. The summed E-state index contributed by atoms with van der Waals surface area (Å²) in [6.07, 6.45) is 3.62. The molecule has 8 heteroatoms. The molecule has 6 nitrogen and oxygen atoms in total. The maximum Gasteiger partial charge on any atom is 0.186 e. The summed E-state index contributed by atoms with van der Waals surface area (Å²) in [7, 11) is 3.85. The Morgan fingerprint density at radius 1 is 1.33 bits per heavy atom. The molecule has 0 amide bonds. The molecule has 0 saturated carbocycles. The lowest BCUT2D eigenvalue weighted by Crippen LogP contribution is -2.07. The average Bonchev–Trinajstić information content (AvgIpc) is 3.06. The largest absolute Gasteiger partial charge is 0.354 e. The summed E-state index contributed by atoms with van der Waals surface area (Å²) in [6, 6.07) is 5.78. The van der Waals surface area contributed by atoms with Gasteiger partial charge in [0.05, 0.1) is 23.3 Å². The van der Waals surface area contributed by atoms with E-state index in [9.17, 15) is 0 Å². The van der Waals surface area contributed by atoms with Crippen LogP contribution in [0.3, 0.4) is 0 Å². The van der Waals surface area contributed by atoms with E-state index in [4.69, 9.17) is 11.6 Å². The molecule has 3 heterocycles. The van der Waals surface area contributed by atoms with Crippen LogP contribution in [0.15, 0.2) is 30.6 Å². The summed E-state index contributed by atoms with van der Waals surface area (Å²) in [6.45, 7) is 0.574. The Hall–Kier alpha value is -1.99. The SMILES string of the molecule is CN(C)c1nc(Cl)c(-c2cn(Cc3ccccn3)nn2)s1. The molecule has 21 heavy (non-hydrogen) atoms. The number of aromatic nitrogens is 5. The molecule has 0 spiro atoms. The Morgan fingerprint density at radius 3 is 2.86 bits per heavy atom. The Bertz CT molecular complexity index is 736. The number of rotatable bonds is 4. The molecule has 3 rings (SSSR count). The Morgan fingerprint density at radius 2 is 2.19 bits per heavy atom. The van der Waals surface area contributed by atoms with Gasteiger partial charge in [-0.05, 0) is 12.1 Å². The maximum atomic E-state index is 6.18. The van der Waals surface area contributed by atoms with Gasteiger partial charge in [0.25, 0.3) is 0 Å². The number of nitrogens with zero attached hydrogens (tertiary/aromatic N) is 6. The molecule has 0 unspecified atom stereocenters. The van der Waals surface area contributed by atoms with Crippen molar-refractivity contribution in [1.82, 2.24) is 25.0 Å². The fourth-order valence-electron chi connectivity index (χ4n) is 1.78. The molecule has 0 atom stereocenters. The van der Waals surface area contributed by atoms with Crippen LogP contribution in [0, 0.1) is 0 Å². The van der Waals surface area contributed by atoms with Crippen molar-refractivity contribution in [1.29, 1.82) is 0 Å². The van der Waals surface area contributed by atoms with E-state index < -0.39 is 0 Å². The Labute approximate surface area is 131 Å². The lowest BCUT2D eigenvalue weighted by Gasteiger charge is -2.04. The van der Waals surface area contributed by atoms with Crippen molar-refractivity contribution in [3.8, 4) is 10.6 Å². The van der Waals surface area contributed by atoms with Gasteiger partial charge in [0.2, 0.25) is 0 Å². The van der Waals surface area contributed by atoms with Crippen molar-refractivity contribution in [2.24, 2.45) is 0 Å². The number of hydrogen-bond acceptors (Lipinski definition) is 6. The minimum atomic E-state index is 0.452. The highest BCUT2D eigenvalue weighted by Crippen LogP contribution is 2.35. The van der Waals surface area contributed by atoms with E-state index in [1.54, 1.807) is 10.9 Å². The minimum Gasteiger partial charge on any atom is -0.354 e. The first-order chi connectivity index (χ1) is 10.1. The molecule has 0 aliphatic heterocycles. The third kappa shape index (κ3) is 3.03. The topological polar surface area (TPSA) is 59.7 Å². The van der Waals surface area contributed by atoms with Crippen molar-refractivity contribution in [2.75, 3.05) is 19.0 Å². The van der Waals surface area contributed by atoms with Crippen molar-refractivity contribution < 1.29 is 0 Å². The van der Waals surface area contributed by atoms with Gasteiger partial charge in [0.1, 0.15) is 5.69 Å². The summed E-state index contributed by atoms with van der Waals surface area (Å²) in [4.78, 5) is 11.3. The van der Waals surface area contributed by atoms with Crippen LogP contribution in [0.25, 0.3) is 10.6 Å². The predicted octanol–water partition coefficient (Wildman–Crippen LogP) is 2.56. The molecule has 0 radical (unpaired) electrons. The van der Waals surface area contributed by atoms with E-state index in [-0.39, 0.29) is 0 Å². The third-order valence-corrected chi connectivity index (χ3v) is 4.41. The molecular formula is C13H13ClN6S. The fraction of sp³-hybridized carbons (Fsp3) is 0.231. The standard InChI is InChI=1S/C13H13ClN6S/c1-19(2)13-16-12(14)11(21-13)10-8-20(18-17-10)7-9-5-3-4-6-15-9/h3-6,8H,7H2,1-2H3. The number of halogens is 1. The fourth-order valence-corrected chi connectivity index (χ4v) is 2.95. The van der Waals surface area contributed by atoms with Crippen LogP contribution in [0.1, 0.15) is 5.69 Å². The second-order valence-electron chi connectivity index (χ2n) is 4.63. The number of hydrogen-bond donors (Lipinski definition) is 0. The highest BCUT2D eigenvalue weighted by atomic mass is 35.5. The monoisotopic (exact) mass is 320 g/mol. The molecule has 0 N–H and O–H groups in total. The van der Waals surface area contributed by atoms with Crippen molar-refractivity contribution in [3.05, 3.63) is 41.4 Å². The second kappa shape index (κ2) is 5.79. The smallest absolute Gasteiger partial charge is 0.186 e. The minimum absolute atomic E-state index is 0.452. The number of thiazole rings is 1. The lowest BCUT2D eigenvalue weighted by atomic mass is 10.3. The zero-order valence-electron chi connectivity index (χ0n) is 11.6. The van der Waals surface area contributed by atoms with Crippen LogP contribution in [-0.2, 0) is 6.54 Å². The Balaban J connectivity index is 1.85. The van der Waals surface area contributed by atoms with E-state index in [1.807, 2.05) is 43.4 Å². The van der Waals surface area contributed by atoms with Gasteiger partial charge in [-0.3, -0.25) is 4.98 Å². The summed E-state index contributed by atoms with van der Waals surface area (Å²) in [5, 5.41) is 9.58. The van der Waals surface area contributed by atoms with Crippen molar-refractivity contribution in [2.45, 2.75) is 6.54 Å². The van der Waals surface area contributed by atoms with Crippen LogP contribution in [0.5, 0.6) is 0 Å². The molecule has 0 aliphatic carbocycles.